The summed E-state index contributed by atoms with van der Waals surface area (Å²) < 4.78 is 10.7. The number of hydrogen-bond acceptors (Lipinski definition) is 5. The summed E-state index contributed by atoms with van der Waals surface area (Å²) in [5, 5.41) is 3.01. The molecular weight excluding hydrogens is 336 g/mol. The van der Waals surface area contributed by atoms with Gasteiger partial charge in [-0.25, -0.2) is 0 Å². The van der Waals surface area contributed by atoms with Crippen LogP contribution in [0.15, 0.2) is 36.4 Å². The van der Waals surface area contributed by atoms with E-state index in [0.29, 0.717) is 17.2 Å². The van der Waals surface area contributed by atoms with Gasteiger partial charge in [-0.05, 0) is 24.6 Å². The molecule has 5 nitrogen and oxygen atoms in total. The van der Waals surface area contributed by atoms with E-state index in [1.807, 2.05) is 36.4 Å². The third-order valence-electron chi connectivity index (χ3n) is 4.22. The quantitative estimate of drug-likeness (QED) is 0.772. The van der Waals surface area contributed by atoms with Crippen molar-refractivity contribution in [1.82, 2.24) is 10.2 Å². The van der Waals surface area contributed by atoms with Crippen molar-refractivity contribution in [3.63, 3.8) is 0 Å². The number of nitrogens with zero attached hydrogens (tertiary/aromatic N) is 1. The highest BCUT2D eigenvalue weighted by atomic mass is 32.1. The van der Waals surface area contributed by atoms with Gasteiger partial charge in [-0.3, -0.25) is 9.69 Å². The number of rotatable bonds is 7. The third kappa shape index (κ3) is 4.81. The van der Waals surface area contributed by atoms with Crippen LogP contribution in [-0.2, 0) is 4.74 Å². The highest BCUT2D eigenvalue weighted by Gasteiger charge is 2.18. The molecule has 0 radical (unpaired) electrons. The summed E-state index contributed by atoms with van der Waals surface area (Å²) in [5.74, 6) is 0.570. The molecule has 1 saturated heterocycles. The van der Waals surface area contributed by atoms with E-state index in [4.69, 9.17) is 9.47 Å². The summed E-state index contributed by atoms with van der Waals surface area (Å²) in [7, 11) is 1.60. The normalized spacial score (nSPS) is 15.1. The maximum absolute atomic E-state index is 12.5. The third-order valence-corrected chi connectivity index (χ3v) is 5.39. The fraction of sp³-hybridized carbons (Fsp3) is 0.421. The van der Waals surface area contributed by atoms with Gasteiger partial charge in [0.15, 0.2) is 0 Å². The summed E-state index contributed by atoms with van der Waals surface area (Å²) >= 11 is 1.47. The van der Waals surface area contributed by atoms with Crippen molar-refractivity contribution in [3.8, 4) is 16.2 Å². The largest absolute Gasteiger partial charge is 0.495 e. The summed E-state index contributed by atoms with van der Waals surface area (Å²) in [6, 6.07) is 12.0. The first-order valence-electron chi connectivity index (χ1n) is 8.59. The maximum atomic E-state index is 12.5. The minimum absolute atomic E-state index is 0.0639. The van der Waals surface area contributed by atoms with Crippen LogP contribution >= 0.6 is 11.3 Å². The van der Waals surface area contributed by atoms with Gasteiger partial charge in [0.1, 0.15) is 10.6 Å². The van der Waals surface area contributed by atoms with Crippen molar-refractivity contribution < 1.29 is 14.3 Å². The molecule has 134 valence electrons. The Bertz CT molecular complexity index is 681. The van der Waals surface area contributed by atoms with Gasteiger partial charge < -0.3 is 14.8 Å². The Balaban J connectivity index is 1.55. The molecule has 6 heteroatoms. The molecule has 3 rings (SSSR count). The number of ether oxygens (including phenoxy) is 2. The average molecular weight is 360 g/mol. The van der Waals surface area contributed by atoms with E-state index >= 15 is 0 Å². The summed E-state index contributed by atoms with van der Waals surface area (Å²) in [4.78, 5) is 16.5. The SMILES string of the molecule is COc1cc(-c2ccccc2)sc1C(=O)NCCCN1CCOCC1. The van der Waals surface area contributed by atoms with E-state index in [1.54, 1.807) is 7.11 Å². The minimum atomic E-state index is -0.0639. The second-order valence-corrected chi connectivity index (χ2v) is 6.99. The van der Waals surface area contributed by atoms with Crippen molar-refractivity contribution in [2.24, 2.45) is 0 Å². The van der Waals surface area contributed by atoms with E-state index in [2.05, 4.69) is 10.2 Å². The molecule has 1 amide bonds. The molecule has 25 heavy (non-hydrogen) atoms. The molecular formula is C19H24N2O3S. The molecule has 2 aromatic rings. The zero-order chi connectivity index (χ0) is 17.5. The summed E-state index contributed by atoms with van der Waals surface area (Å²) in [6.07, 6.45) is 0.935. The van der Waals surface area contributed by atoms with Crippen molar-refractivity contribution in [1.29, 1.82) is 0 Å². The zero-order valence-corrected chi connectivity index (χ0v) is 15.3. The molecule has 0 bridgehead atoms. The molecule has 1 aromatic heterocycles. The van der Waals surface area contributed by atoms with Gasteiger partial charge in [-0.2, -0.15) is 0 Å². The molecule has 0 aliphatic carbocycles. The second-order valence-electron chi connectivity index (χ2n) is 5.94. The number of nitrogens with one attached hydrogen (secondary N) is 1. The Morgan fingerprint density at radius 3 is 2.76 bits per heavy atom. The number of morpholine rings is 1. The Kier molecular flexibility index (Phi) is 6.44. The molecule has 0 atom stereocenters. The maximum Gasteiger partial charge on any atom is 0.265 e. The van der Waals surface area contributed by atoms with Crippen molar-refractivity contribution in [2.75, 3.05) is 46.5 Å². The van der Waals surface area contributed by atoms with Crippen LogP contribution in [0.2, 0.25) is 0 Å². The molecule has 0 unspecified atom stereocenters. The van der Waals surface area contributed by atoms with Gasteiger partial charge in [-0.1, -0.05) is 30.3 Å². The highest BCUT2D eigenvalue weighted by Crippen LogP contribution is 2.36. The molecule has 2 heterocycles. The summed E-state index contributed by atoms with van der Waals surface area (Å²) in [6.45, 7) is 5.22. The number of carbonyl (C=O) groups is 1. The first-order valence-corrected chi connectivity index (χ1v) is 9.41. The first-order chi connectivity index (χ1) is 12.3. The number of hydrogen-bond donors (Lipinski definition) is 1. The van der Waals surface area contributed by atoms with Crippen LogP contribution in [0.1, 0.15) is 16.1 Å². The second kappa shape index (κ2) is 8.99. The van der Waals surface area contributed by atoms with Crippen molar-refractivity contribution in [3.05, 3.63) is 41.3 Å². The van der Waals surface area contributed by atoms with Crippen LogP contribution in [0.25, 0.3) is 10.4 Å². The fourth-order valence-corrected chi connectivity index (χ4v) is 3.89. The van der Waals surface area contributed by atoms with Crippen LogP contribution in [0, 0.1) is 0 Å². The van der Waals surface area contributed by atoms with Crippen LogP contribution in [0.3, 0.4) is 0 Å². The molecule has 0 saturated carbocycles. The van der Waals surface area contributed by atoms with E-state index in [9.17, 15) is 4.79 Å². The number of carbonyl (C=O) groups excluding carboxylic acids is 1. The first kappa shape index (κ1) is 17.9. The smallest absolute Gasteiger partial charge is 0.265 e. The standard InChI is InChI=1S/C19H24N2O3S/c1-23-16-14-17(15-6-3-2-4-7-15)25-18(16)19(22)20-8-5-9-21-10-12-24-13-11-21/h2-4,6-7,14H,5,8-13H2,1H3,(H,20,22). The lowest BCUT2D eigenvalue weighted by atomic mass is 10.2. The highest BCUT2D eigenvalue weighted by molar-refractivity contribution is 7.17. The number of thiophene rings is 1. The minimum Gasteiger partial charge on any atom is -0.495 e. The van der Waals surface area contributed by atoms with Gasteiger partial charge in [0.05, 0.1) is 20.3 Å². The lowest BCUT2D eigenvalue weighted by Gasteiger charge is -2.26. The lowest BCUT2D eigenvalue weighted by molar-refractivity contribution is 0.0374. The molecule has 1 aliphatic rings. The Labute approximate surface area is 152 Å². The predicted molar refractivity (Wildman–Crippen MR) is 101 cm³/mol. The van der Waals surface area contributed by atoms with E-state index in [0.717, 1.165) is 49.7 Å². The lowest BCUT2D eigenvalue weighted by Crippen LogP contribution is -2.38. The fourth-order valence-electron chi connectivity index (χ4n) is 2.84. The Morgan fingerprint density at radius 2 is 2.04 bits per heavy atom. The van der Waals surface area contributed by atoms with E-state index in [-0.39, 0.29) is 5.91 Å². The van der Waals surface area contributed by atoms with Crippen LogP contribution < -0.4 is 10.1 Å². The number of benzene rings is 1. The predicted octanol–water partition coefficient (Wildman–Crippen LogP) is 2.88. The topological polar surface area (TPSA) is 50.8 Å². The number of methoxy groups -OCH3 is 1. The van der Waals surface area contributed by atoms with Gasteiger partial charge >= 0.3 is 0 Å². The van der Waals surface area contributed by atoms with Crippen LogP contribution in [0.4, 0.5) is 0 Å². The van der Waals surface area contributed by atoms with Crippen molar-refractivity contribution >= 4 is 17.2 Å². The average Bonchev–Trinajstić information content (AvgIpc) is 3.11. The van der Waals surface area contributed by atoms with E-state index < -0.39 is 0 Å². The van der Waals surface area contributed by atoms with Gasteiger partial charge in [0, 0.05) is 24.5 Å². The zero-order valence-electron chi connectivity index (χ0n) is 14.5. The molecule has 1 aliphatic heterocycles. The van der Waals surface area contributed by atoms with Crippen LogP contribution in [-0.4, -0.2) is 57.3 Å². The van der Waals surface area contributed by atoms with Crippen LogP contribution in [0.5, 0.6) is 5.75 Å². The van der Waals surface area contributed by atoms with Crippen molar-refractivity contribution in [2.45, 2.75) is 6.42 Å². The Morgan fingerprint density at radius 1 is 1.28 bits per heavy atom. The van der Waals surface area contributed by atoms with Gasteiger partial charge in [0.2, 0.25) is 0 Å². The summed E-state index contributed by atoms with van der Waals surface area (Å²) in [5.41, 5.74) is 1.09. The van der Waals surface area contributed by atoms with Gasteiger partial charge in [0.25, 0.3) is 5.91 Å². The number of amides is 1. The molecule has 1 aromatic carbocycles. The molecule has 1 N–H and O–H groups in total. The monoisotopic (exact) mass is 360 g/mol. The molecule has 1 fully saturated rings. The van der Waals surface area contributed by atoms with Gasteiger partial charge in [-0.15, -0.1) is 11.3 Å². The molecule has 0 spiro atoms. The van der Waals surface area contributed by atoms with E-state index in [1.165, 1.54) is 11.3 Å². The Hall–Kier alpha value is -1.89.